The fourth-order valence-electron chi connectivity index (χ4n) is 9.08. The van der Waals surface area contributed by atoms with Crippen LogP contribution in [0.1, 0.15) is 108 Å². The maximum Gasteiger partial charge on any atom is 0.316 e. The molecule has 0 spiro atoms. The maximum absolute atomic E-state index is 14.0. The number of ether oxygens (including phenoxy) is 7. The van der Waals surface area contributed by atoms with Crippen LogP contribution in [0.3, 0.4) is 0 Å². The van der Waals surface area contributed by atoms with E-state index >= 15 is 0 Å². The minimum Gasteiger partial charge on any atom is -0.507 e. The Labute approximate surface area is 340 Å². The Kier molecular flexibility index (Phi) is 11.8. The van der Waals surface area contributed by atoms with Crippen molar-refractivity contribution < 1.29 is 77.9 Å². The summed E-state index contributed by atoms with van der Waals surface area (Å²) in [7, 11) is 4.84. The van der Waals surface area contributed by atoms with Crippen LogP contribution in [0.25, 0.3) is 0 Å². The highest BCUT2D eigenvalue weighted by atomic mass is 16.7. The van der Waals surface area contributed by atoms with Crippen LogP contribution >= 0.6 is 0 Å². The molecule has 2 aliphatic carbocycles. The van der Waals surface area contributed by atoms with Crippen LogP contribution in [-0.4, -0.2) is 142 Å². The first-order chi connectivity index (χ1) is 27.9. The smallest absolute Gasteiger partial charge is 0.316 e. The summed E-state index contributed by atoms with van der Waals surface area (Å²) >= 11 is 0. The predicted octanol–water partition coefficient (Wildman–Crippen LogP) is 2.64. The molecule has 3 heterocycles. The molecule has 320 valence electrons. The third-order valence-corrected chi connectivity index (χ3v) is 12.2. The number of rotatable bonds is 9. The van der Waals surface area contributed by atoms with E-state index in [-0.39, 0.29) is 54.2 Å². The van der Waals surface area contributed by atoms with Gasteiger partial charge < -0.3 is 63.6 Å². The number of likely N-dealkylation sites (N-methyl/N-ethyl adjacent to an activating group) is 1. The monoisotopic (exact) mass is 825 g/mol. The van der Waals surface area contributed by atoms with Gasteiger partial charge in [0.1, 0.15) is 41.5 Å². The lowest BCUT2D eigenvalue weighted by Gasteiger charge is -2.48. The average Bonchev–Trinajstić information content (AvgIpc) is 3.17. The summed E-state index contributed by atoms with van der Waals surface area (Å²) in [6, 6.07) is 3.00. The van der Waals surface area contributed by atoms with E-state index in [4.69, 9.17) is 33.2 Å². The van der Waals surface area contributed by atoms with Gasteiger partial charge in [0.15, 0.2) is 30.4 Å². The number of nitrogens with zero attached hydrogens (tertiary/aromatic N) is 1. The second-order valence-electron chi connectivity index (χ2n) is 16.1. The van der Waals surface area contributed by atoms with Crippen LogP contribution in [0.5, 0.6) is 17.2 Å². The van der Waals surface area contributed by atoms with Crippen molar-refractivity contribution in [1.29, 1.82) is 0 Å². The lowest BCUT2D eigenvalue weighted by atomic mass is 9.67. The van der Waals surface area contributed by atoms with Crippen LogP contribution in [0.2, 0.25) is 0 Å². The highest BCUT2D eigenvalue weighted by molar-refractivity contribution is 6.31. The second kappa shape index (κ2) is 16.3. The Morgan fingerprint density at radius 2 is 1.51 bits per heavy atom. The predicted molar refractivity (Wildman–Crippen MR) is 203 cm³/mol. The van der Waals surface area contributed by atoms with Gasteiger partial charge >= 0.3 is 5.97 Å². The SMILES string of the molecule is CC[C@@]1(O)C[C@H](OC2C[C@H](N(C)C)[C@H](O[C@H]3C[C@H](O)[C@@H](O[C@@H]4C=CC(=O)[C@H](C)O4)[C@H](C)O3)[C@H](C)O2)c2c(cc3c(c2O)C(=O)c2c(O)ccc(O)c2C3=O)[C@H]1C(=O)OC. The lowest BCUT2D eigenvalue weighted by molar-refractivity contribution is -0.320. The van der Waals surface area contributed by atoms with E-state index in [1.165, 1.54) is 18.2 Å². The molecule has 3 aliphatic heterocycles. The third kappa shape index (κ3) is 7.57. The lowest BCUT2D eigenvalue weighted by Crippen LogP contribution is -2.58. The Morgan fingerprint density at radius 1 is 0.881 bits per heavy atom. The molecule has 17 heteroatoms. The molecular weight excluding hydrogens is 774 g/mol. The molecule has 7 rings (SSSR count). The van der Waals surface area contributed by atoms with E-state index in [9.17, 15) is 44.7 Å². The Balaban J connectivity index is 1.15. The standard InChI is InChI=1S/C42H51NO16/c1-8-42(52)16-27(31-20(35(42)41(51)53-7)13-21-32(37(31)49)38(50)34-25(46)10-9-24(45)33(34)36(21)48)57-29-14-22(43(5)6)39(18(3)55-29)59-30-15-26(47)40(19(4)56-30)58-28-12-11-23(44)17(2)54-28/h9-13,17-19,22,26-30,35,39-40,45-47,49,52H,8,14-16H2,1-7H3/t17-,18-,19-,22-,26-,27-,28+,29?,30-,35-,39+,40-,42+/m0/s1. The van der Waals surface area contributed by atoms with Crippen LogP contribution in [0.4, 0.5) is 0 Å². The number of aliphatic hydroxyl groups is 2. The van der Waals surface area contributed by atoms with E-state index in [0.29, 0.717) is 0 Å². The maximum atomic E-state index is 14.0. The van der Waals surface area contributed by atoms with Gasteiger partial charge in [-0.3, -0.25) is 19.2 Å². The largest absolute Gasteiger partial charge is 0.507 e. The quantitative estimate of drug-likeness (QED) is 0.154. The van der Waals surface area contributed by atoms with Gasteiger partial charge in [-0.25, -0.2) is 0 Å². The summed E-state index contributed by atoms with van der Waals surface area (Å²) in [6.07, 6.45) is -5.29. The summed E-state index contributed by atoms with van der Waals surface area (Å²) in [6.45, 7) is 6.80. The van der Waals surface area contributed by atoms with Gasteiger partial charge in [-0.05, 0) is 77.2 Å². The molecule has 13 atom stereocenters. The molecular formula is C42H51NO16. The molecule has 5 N–H and O–H groups in total. The highest BCUT2D eigenvalue weighted by Gasteiger charge is 2.54. The molecule has 5 aliphatic rings. The number of ketones is 3. The molecule has 0 radical (unpaired) electrons. The molecule has 2 aromatic rings. The Hall–Kier alpha value is -4.30. The molecule has 0 aromatic heterocycles. The van der Waals surface area contributed by atoms with E-state index < -0.39 is 125 Å². The summed E-state index contributed by atoms with van der Waals surface area (Å²) in [5, 5.41) is 56.4. The Morgan fingerprint density at radius 3 is 2.10 bits per heavy atom. The second-order valence-corrected chi connectivity index (χ2v) is 16.1. The summed E-state index contributed by atoms with van der Waals surface area (Å²) in [5.41, 5.74) is -3.60. The first kappa shape index (κ1) is 42.8. The van der Waals surface area contributed by atoms with Crippen LogP contribution in [-0.2, 0) is 42.7 Å². The summed E-state index contributed by atoms with van der Waals surface area (Å²) < 4.78 is 42.3. The fourth-order valence-corrected chi connectivity index (χ4v) is 9.08. The zero-order valence-corrected chi connectivity index (χ0v) is 33.8. The number of phenolic OH excluding ortho intramolecular Hbond substituents is 3. The zero-order valence-electron chi connectivity index (χ0n) is 33.8. The van der Waals surface area contributed by atoms with E-state index in [1.807, 2.05) is 19.0 Å². The van der Waals surface area contributed by atoms with Gasteiger partial charge in [0, 0.05) is 36.4 Å². The number of fused-ring (bicyclic) bond motifs is 3. The fraction of sp³-hybridized carbons (Fsp3) is 0.571. The number of aromatic hydroxyl groups is 3. The molecule has 0 saturated carbocycles. The number of hydrogen-bond donors (Lipinski definition) is 5. The first-order valence-corrected chi connectivity index (χ1v) is 19.7. The van der Waals surface area contributed by atoms with Crippen molar-refractivity contribution in [3.63, 3.8) is 0 Å². The Bertz CT molecular complexity index is 2040. The zero-order chi connectivity index (χ0) is 42.8. The molecule has 2 aromatic carbocycles. The topological polar surface area (TPSA) is 237 Å². The minimum absolute atomic E-state index is 0.00866. The van der Waals surface area contributed by atoms with Gasteiger partial charge in [0.25, 0.3) is 0 Å². The third-order valence-electron chi connectivity index (χ3n) is 12.2. The van der Waals surface area contributed by atoms with Crippen LogP contribution < -0.4 is 0 Å². The van der Waals surface area contributed by atoms with Crippen molar-refractivity contribution in [1.82, 2.24) is 4.90 Å². The number of hydrogen-bond acceptors (Lipinski definition) is 17. The molecule has 0 amide bonds. The van der Waals surface area contributed by atoms with Crippen molar-refractivity contribution in [2.75, 3.05) is 21.2 Å². The molecule has 1 unspecified atom stereocenters. The van der Waals surface area contributed by atoms with Crippen molar-refractivity contribution >= 4 is 23.3 Å². The number of carbonyl (C=O) groups excluding carboxylic acids is 4. The molecule has 17 nitrogen and oxygen atoms in total. The molecule has 2 saturated heterocycles. The molecule has 0 bridgehead atoms. The molecule has 59 heavy (non-hydrogen) atoms. The normalized spacial score (nSPS) is 35.6. The van der Waals surface area contributed by atoms with Gasteiger partial charge in [-0.15, -0.1) is 0 Å². The summed E-state index contributed by atoms with van der Waals surface area (Å²) in [5.74, 6) is -6.10. The van der Waals surface area contributed by atoms with Gasteiger partial charge in [-0.2, -0.15) is 0 Å². The number of carbonyl (C=O) groups is 4. The van der Waals surface area contributed by atoms with Gasteiger partial charge in [0.2, 0.25) is 5.78 Å². The van der Waals surface area contributed by atoms with E-state index in [0.717, 1.165) is 19.2 Å². The summed E-state index contributed by atoms with van der Waals surface area (Å²) in [4.78, 5) is 55.0. The average molecular weight is 826 g/mol. The number of benzene rings is 2. The number of aliphatic hydroxyl groups excluding tert-OH is 1. The van der Waals surface area contributed by atoms with Crippen molar-refractivity contribution in [2.45, 2.75) is 133 Å². The highest BCUT2D eigenvalue weighted by Crippen LogP contribution is 2.54. The van der Waals surface area contributed by atoms with Crippen molar-refractivity contribution in [3.05, 3.63) is 63.7 Å². The number of esters is 1. The van der Waals surface area contributed by atoms with Crippen molar-refractivity contribution in [2.24, 2.45) is 0 Å². The minimum atomic E-state index is -1.81. The van der Waals surface area contributed by atoms with E-state index in [1.54, 1.807) is 27.7 Å². The van der Waals surface area contributed by atoms with E-state index in [2.05, 4.69) is 0 Å². The van der Waals surface area contributed by atoms with Gasteiger partial charge in [-0.1, -0.05) is 6.92 Å². The molecule has 2 fully saturated rings. The first-order valence-electron chi connectivity index (χ1n) is 19.7. The number of phenols is 3. The number of methoxy groups -OCH3 is 1. The van der Waals surface area contributed by atoms with Crippen LogP contribution in [0.15, 0.2) is 30.4 Å². The van der Waals surface area contributed by atoms with Crippen LogP contribution in [0, 0.1) is 0 Å². The van der Waals surface area contributed by atoms with Gasteiger partial charge in [0.05, 0.1) is 53.8 Å². The van der Waals surface area contributed by atoms with Crippen molar-refractivity contribution in [3.8, 4) is 17.2 Å².